The third-order valence-electron chi connectivity index (χ3n) is 15.0. The molecule has 0 amide bonds. The fourth-order valence-electron chi connectivity index (χ4n) is 11.8. The zero-order chi connectivity index (χ0) is 43.9. The van der Waals surface area contributed by atoms with Crippen LogP contribution in [0.1, 0.15) is 41.1 Å². The van der Waals surface area contributed by atoms with Gasteiger partial charge in [0.15, 0.2) is 0 Å². The Morgan fingerprint density at radius 2 is 1.25 bits per heavy atom. The minimum atomic E-state index is 0.593. The number of allylic oxidation sites excluding steroid dienone is 3. The van der Waals surface area contributed by atoms with E-state index in [-0.39, 0.29) is 0 Å². The molecule has 0 bridgehead atoms. The molecule has 316 valence electrons. The third-order valence-corrected chi connectivity index (χ3v) is 16.1. The van der Waals surface area contributed by atoms with E-state index in [0.717, 1.165) is 23.2 Å². The van der Waals surface area contributed by atoms with Gasteiger partial charge in [0.2, 0.25) is 0 Å². The van der Waals surface area contributed by atoms with Crippen molar-refractivity contribution in [1.82, 2.24) is 18.7 Å². The number of aromatic nitrogens is 4. The van der Waals surface area contributed by atoms with Crippen molar-refractivity contribution in [3.05, 3.63) is 215 Å². The molecule has 3 aliphatic carbocycles. The highest BCUT2D eigenvalue weighted by Crippen LogP contribution is 2.55. The van der Waals surface area contributed by atoms with Crippen LogP contribution < -0.4 is 10.6 Å². The van der Waals surface area contributed by atoms with Gasteiger partial charge in [-0.3, -0.25) is 4.98 Å². The van der Waals surface area contributed by atoms with Gasteiger partial charge in [-0.05, 0) is 127 Å². The molecular weight excluding hydrogens is 833 g/mol. The Kier molecular flexibility index (Phi) is 7.79. The first-order valence-electron chi connectivity index (χ1n) is 23.5. The molecular formula is C62H42N4S. The van der Waals surface area contributed by atoms with Crippen molar-refractivity contribution < 1.29 is 0 Å². The lowest BCUT2D eigenvalue weighted by atomic mass is 10.00. The smallest absolute Gasteiger partial charge is 0.0651 e. The second kappa shape index (κ2) is 14.0. The number of fused-ring (bicyclic) bond motifs is 14. The van der Waals surface area contributed by atoms with E-state index in [4.69, 9.17) is 4.98 Å². The number of aryl methyl sites for hydroxylation is 1. The number of rotatable bonds is 5. The summed E-state index contributed by atoms with van der Waals surface area (Å²) in [5, 5.41) is 10.2. The Morgan fingerprint density at radius 3 is 2.13 bits per heavy atom. The van der Waals surface area contributed by atoms with Crippen molar-refractivity contribution in [2.45, 2.75) is 25.7 Å². The molecule has 7 aromatic carbocycles. The van der Waals surface area contributed by atoms with Crippen LogP contribution in [0.3, 0.4) is 0 Å². The van der Waals surface area contributed by atoms with Crippen LogP contribution in [-0.2, 0) is 0 Å². The summed E-state index contributed by atoms with van der Waals surface area (Å²) in [5.74, 6) is 1.25. The molecule has 1 fully saturated rings. The minimum absolute atomic E-state index is 0.593. The zero-order valence-electron chi connectivity index (χ0n) is 36.8. The van der Waals surface area contributed by atoms with Gasteiger partial charge in [0.25, 0.3) is 0 Å². The summed E-state index contributed by atoms with van der Waals surface area (Å²) in [6.07, 6.45) is 18.0. The summed E-state index contributed by atoms with van der Waals surface area (Å²) in [5.41, 5.74) is 17.4. The molecule has 0 spiro atoms. The fraction of sp³-hybridized carbons (Fsp3) is 0.0806. The monoisotopic (exact) mass is 874 g/mol. The van der Waals surface area contributed by atoms with Gasteiger partial charge in [-0.2, -0.15) is 0 Å². The summed E-state index contributed by atoms with van der Waals surface area (Å²) in [4.78, 5) is 4.92. The van der Waals surface area contributed by atoms with Crippen LogP contribution in [0.25, 0.3) is 116 Å². The van der Waals surface area contributed by atoms with E-state index >= 15 is 0 Å². The molecule has 0 saturated heterocycles. The van der Waals surface area contributed by atoms with Gasteiger partial charge < -0.3 is 13.7 Å². The SMILES string of the molecule is Cc1cccc2c1c1ccccc1n2-c1ccc2sc3ccc(C4=CC=c5c(c6ccccc6n5-c5cncc(-c6cccc(-n7c8c(c9ccccc97)C=CC7CC87)c6)c5)=CC4)cc3c2c1. The molecule has 5 heteroatoms. The fourth-order valence-corrected chi connectivity index (χ4v) is 12.9. The number of nitrogens with zero attached hydrogens (tertiary/aromatic N) is 4. The number of hydrogen-bond acceptors (Lipinski definition) is 2. The summed E-state index contributed by atoms with van der Waals surface area (Å²) in [7, 11) is 0. The average molecular weight is 875 g/mol. The standard InChI is InChI=1S/C62H42N4S/c1-37-10-8-19-58-61(37)50-15-4-7-18-56(50)64(58)44-24-29-60-53(34-44)52-32-40(23-28-59(52)67-60)38-20-25-48-46-13-2-5-16-54(46)65(57(48)27-22-38)45-31-42(35-63-36-45)39-11-9-12-43(30-39)66-55-17-6-3-14-47(55)49-26-21-41-33-51(41)62(49)66/h2-19,21-32,34-36,41,51H,20,33H2,1H3. The highest BCUT2D eigenvalue weighted by Gasteiger charge is 2.43. The quantitative estimate of drug-likeness (QED) is 0.169. The Labute approximate surface area is 390 Å². The lowest BCUT2D eigenvalue weighted by Crippen LogP contribution is -2.27. The molecule has 0 radical (unpaired) electrons. The molecule has 2 atom stereocenters. The first-order chi connectivity index (χ1) is 33.1. The zero-order valence-corrected chi connectivity index (χ0v) is 37.6. The van der Waals surface area contributed by atoms with Gasteiger partial charge >= 0.3 is 0 Å². The summed E-state index contributed by atoms with van der Waals surface area (Å²) in [6.45, 7) is 2.22. The molecule has 0 aliphatic heterocycles. The first kappa shape index (κ1) is 37.3. The van der Waals surface area contributed by atoms with Crippen LogP contribution >= 0.6 is 11.3 Å². The van der Waals surface area contributed by atoms with Crippen molar-refractivity contribution in [2.75, 3.05) is 0 Å². The van der Waals surface area contributed by atoms with Crippen LogP contribution in [0.5, 0.6) is 0 Å². The lowest BCUT2D eigenvalue weighted by Gasteiger charge is -2.15. The highest BCUT2D eigenvalue weighted by molar-refractivity contribution is 7.25. The van der Waals surface area contributed by atoms with Gasteiger partial charge in [-0.15, -0.1) is 11.3 Å². The van der Waals surface area contributed by atoms with E-state index in [1.165, 1.54) is 120 Å². The maximum Gasteiger partial charge on any atom is 0.0651 e. The largest absolute Gasteiger partial charge is 0.313 e. The van der Waals surface area contributed by atoms with Gasteiger partial charge in [0.05, 0.1) is 39.3 Å². The predicted octanol–water partition coefficient (Wildman–Crippen LogP) is 14.6. The van der Waals surface area contributed by atoms with Gasteiger partial charge in [0.1, 0.15) is 0 Å². The average Bonchev–Trinajstić information content (AvgIpc) is 3.74. The highest BCUT2D eigenvalue weighted by atomic mass is 32.1. The van der Waals surface area contributed by atoms with Crippen molar-refractivity contribution in [1.29, 1.82) is 0 Å². The van der Waals surface area contributed by atoms with E-state index in [1.54, 1.807) is 0 Å². The molecule has 12 aromatic rings. The maximum absolute atomic E-state index is 4.92. The molecule has 15 rings (SSSR count). The van der Waals surface area contributed by atoms with Crippen LogP contribution in [0, 0.1) is 12.8 Å². The molecule has 1 saturated carbocycles. The Morgan fingerprint density at radius 1 is 0.537 bits per heavy atom. The Bertz CT molecular complexity index is 4320. The topological polar surface area (TPSA) is 27.7 Å². The van der Waals surface area contributed by atoms with E-state index < -0.39 is 0 Å². The van der Waals surface area contributed by atoms with Crippen molar-refractivity contribution in [3.8, 4) is 28.2 Å². The second-order valence-electron chi connectivity index (χ2n) is 18.7. The van der Waals surface area contributed by atoms with Gasteiger partial charge in [0, 0.05) is 87.2 Å². The van der Waals surface area contributed by atoms with Crippen molar-refractivity contribution in [3.63, 3.8) is 0 Å². The van der Waals surface area contributed by atoms with E-state index in [0.29, 0.717) is 11.8 Å². The molecule has 4 nitrogen and oxygen atoms in total. The number of thiophene rings is 1. The Balaban J connectivity index is 0.832. The van der Waals surface area contributed by atoms with Crippen molar-refractivity contribution in [2.24, 2.45) is 5.92 Å². The molecule has 67 heavy (non-hydrogen) atoms. The molecule has 2 unspecified atom stereocenters. The van der Waals surface area contributed by atoms with Crippen LogP contribution in [-0.4, -0.2) is 18.7 Å². The van der Waals surface area contributed by atoms with Gasteiger partial charge in [-0.1, -0.05) is 109 Å². The first-order valence-corrected chi connectivity index (χ1v) is 24.3. The summed E-state index contributed by atoms with van der Waals surface area (Å²) < 4.78 is 9.99. The molecule has 5 aromatic heterocycles. The lowest BCUT2D eigenvalue weighted by molar-refractivity contribution is 0.896. The number of para-hydroxylation sites is 3. The molecule has 0 N–H and O–H groups in total. The van der Waals surface area contributed by atoms with Crippen LogP contribution in [0.15, 0.2) is 182 Å². The van der Waals surface area contributed by atoms with Crippen molar-refractivity contribution >= 4 is 98.9 Å². The minimum Gasteiger partial charge on any atom is -0.313 e. The van der Waals surface area contributed by atoms with E-state index in [2.05, 4.69) is 209 Å². The molecule has 3 aliphatic rings. The number of benzene rings is 7. The van der Waals surface area contributed by atoms with E-state index in [9.17, 15) is 0 Å². The summed E-state index contributed by atoms with van der Waals surface area (Å²) in [6, 6.07) is 58.6. The number of hydrogen-bond donors (Lipinski definition) is 0. The maximum atomic E-state index is 4.92. The third kappa shape index (κ3) is 5.49. The van der Waals surface area contributed by atoms with Crippen LogP contribution in [0.2, 0.25) is 0 Å². The van der Waals surface area contributed by atoms with E-state index in [1.807, 2.05) is 23.7 Å². The second-order valence-corrected chi connectivity index (χ2v) is 19.8. The number of pyridine rings is 1. The molecule has 5 heterocycles. The van der Waals surface area contributed by atoms with Gasteiger partial charge in [-0.25, -0.2) is 0 Å². The normalized spacial score (nSPS) is 16.3. The Hall–Kier alpha value is -7.99. The summed E-state index contributed by atoms with van der Waals surface area (Å²) >= 11 is 1.88. The predicted molar refractivity (Wildman–Crippen MR) is 282 cm³/mol. The van der Waals surface area contributed by atoms with Crippen LogP contribution in [0.4, 0.5) is 0 Å².